The Morgan fingerprint density at radius 3 is 2.38 bits per heavy atom. The first-order chi connectivity index (χ1) is 15.3. The standard InChI is InChI=1S/C23H28F3N5O/c1-17-5-2-3-10-31(17)21-9-8-20(27-28-21)29-11-13-30(14-12-29)22(32)16-18-6-4-7-19(15-18)23(24,25)26/h4,6-9,15,17H,2-3,5,10-14,16H2,1H3. The van der Waals surface area contributed by atoms with Crippen LogP contribution in [0, 0.1) is 0 Å². The van der Waals surface area contributed by atoms with Gasteiger partial charge in [0.05, 0.1) is 12.0 Å². The summed E-state index contributed by atoms with van der Waals surface area (Å²) in [7, 11) is 0. The van der Waals surface area contributed by atoms with Crippen molar-refractivity contribution >= 4 is 17.5 Å². The highest BCUT2D eigenvalue weighted by Crippen LogP contribution is 2.30. The van der Waals surface area contributed by atoms with Gasteiger partial charge in [-0.2, -0.15) is 13.2 Å². The van der Waals surface area contributed by atoms with E-state index in [1.807, 2.05) is 12.1 Å². The highest BCUT2D eigenvalue weighted by molar-refractivity contribution is 5.79. The molecule has 6 nitrogen and oxygen atoms in total. The zero-order valence-corrected chi connectivity index (χ0v) is 18.2. The number of piperidine rings is 1. The van der Waals surface area contributed by atoms with Gasteiger partial charge in [0.2, 0.25) is 5.91 Å². The molecule has 2 saturated heterocycles. The Morgan fingerprint density at radius 1 is 1.00 bits per heavy atom. The van der Waals surface area contributed by atoms with Crippen molar-refractivity contribution in [3.05, 3.63) is 47.5 Å². The fourth-order valence-electron chi connectivity index (χ4n) is 4.41. The molecule has 0 bridgehead atoms. The maximum Gasteiger partial charge on any atom is 0.416 e. The van der Waals surface area contributed by atoms with Crippen LogP contribution < -0.4 is 9.80 Å². The van der Waals surface area contributed by atoms with E-state index in [0.717, 1.165) is 30.3 Å². The minimum Gasteiger partial charge on any atom is -0.352 e. The van der Waals surface area contributed by atoms with Crippen molar-refractivity contribution in [3.63, 3.8) is 0 Å². The van der Waals surface area contributed by atoms with E-state index in [-0.39, 0.29) is 12.3 Å². The number of benzene rings is 1. The third-order valence-electron chi connectivity index (χ3n) is 6.30. The first kappa shape index (κ1) is 22.4. The van der Waals surface area contributed by atoms with Gasteiger partial charge in [-0.3, -0.25) is 4.79 Å². The Kier molecular flexibility index (Phi) is 6.53. The molecule has 32 heavy (non-hydrogen) atoms. The molecule has 1 aromatic heterocycles. The maximum absolute atomic E-state index is 12.9. The summed E-state index contributed by atoms with van der Waals surface area (Å²) in [4.78, 5) is 18.7. The average molecular weight is 448 g/mol. The number of aromatic nitrogens is 2. The molecule has 4 rings (SSSR count). The van der Waals surface area contributed by atoms with E-state index in [9.17, 15) is 18.0 Å². The first-order valence-corrected chi connectivity index (χ1v) is 11.1. The summed E-state index contributed by atoms with van der Waals surface area (Å²) >= 11 is 0. The molecular weight excluding hydrogens is 419 g/mol. The van der Waals surface area contributed by atoms with E-state index in [0.29, 0.717) is 37.8 Å². The summed E-state index contributed by atoms with van der Waals surface area (Å²) < 4.78 is 38.7. The van der Waals surface area contributed by atoms with Gasteiger partial charge >= 0.3 is 6.18 Å². The summed E-state index contributed by atoms with van der Waals surface area (Å²) in [6.45, 7) is 5.45. The fraction of sp³-hybridized carbons (Fsp3) is 0.522. The van der Waals surface area contributed by atoms with Crippen LogP contribution in [0.2, 0.25) is 0 Å². The number of alkyl halides is 3. The molecule has 0 radical (unpaired) electrons. The SMILES string of the molecule is CC1CCCCN1c1ccc(N2CCN(C(=O)Cc3cccc(C(F)(F)F)c3)CC2)nn1. The Morgan fingerprint density at radius 2 is 1.72 bits per heavy atom. The lowest BCUT2D eigenvalue weighted by atomic mass is 10.0. The molecule has 0 aliphatic carbocycles. The zero-order valence-electron chi connectivity index (χ0n) is 18.2. The number of hydrogen-bond acceptors (Lipinski definition) is 5. The van der Waals surface area contributed by atoms with Crippen LogP contribution in [0.1, 0.15) is 37.3 Å². The molecule has 2 aromatic rings. The van der Waals surface area contributed by atoms with Gasteiger partial charge in [0.25, 0.3) is 0 Å². The van der Waals surface area contributed by atoms with Crippen LogP contribution >= 0.6 is 0 Å². The van der Waals surface area contributed by atoms with Gasteiger partial charge in [-0.25, -0.2) is 0 Å². The van der Waals surface area contributed by atoms with Crippen molar-refractivity contribution in [2.45, 2.75) is 44.8 Å². The van der Waals surface area contributed by atoms with Crippen LogP contribution in [-0.2, 0) is 17.4 Å². The lowest BCUT2D eigenvalue weighted by molar-refractivity contribution is -0.138. The molecule has 9 heteroatoms. The van der Waals surface area contributed by atoms with Crippen LogP contribution in [0.5, 0.6) is 0 Å². The third kappa shape index (κ3) is 5.14. The maximum atomic E-state index is 12.9. The minimum absolute atomic E-state index is 0.0353. The number of carbonyl (C=O) groups excluding carboxylic acids is 1. The molecule has 0 N–H and O–H groups in total. The van der Waals surface area contributed by atoms with Crippen molar-refractivity contribution in [2.24, 2.45) is 0 Å². The van der Waals surface area contributed by atoms with Gasteiger partial charge in [0.1, 0.15) is 0 Å². The smallest absolute Gasteiger partial charge is 0.352 e. The molecule has 3 heterocycles. The van der Waals surface area contributed by atoms with Gasteiger partial charge in [-0.05, 0) is 49.9 Å². The quantitative estimate of drug-likeness (QED) is 0.714. The Bertz CT molecular complexity index is 926. The predicted octanol–water partition coefficient (Wildman–Crippen LogP) is 3.77. The number of amides is 1. The molecule has 2 aliphatic rings. The summed E-state index contributed by atoms with van der Waals surface area (Å²) in [5.41, 5.74) is -0.353. The minimum atomic E-state index is -4.41. The highest BCUT2D eigenvalue weighted by Gasteiger charge is 2.31. The van der Waals surface area contributed by atoms with Gasteiger partial charge in [0.15, 0.2) is 11.6 Å². The molecule has 1 aromatic carbocycles. The van der Waals surface area contributed by atoms with E-state index in [1.54, 1.807) is 11.0 Å². The molecule has 1 unspecified atom stereocenters. The van der Waals surface area contributed by atoms with Crippen molar-refractivity contribution in [2.75, 3.05) is 42.5 Å². The van der Waals surface area contributed by atoms with Crippen LogP contribution in [0.4, 0.5) is 24.8 Å². The lowest BCUT2D eigenvalue weighted by Gasteiger charge is -2.36. The van der Waals surface area contributed by atoms with Gasteiger partial charge in [-0.1, -0.05) is 18.2 Å². The van der Waals surface area contributed by atoms with Crippen LogP contribution in [0.15, 0.2) is 36.4 Å². The second kappa shape index (κ2) is 9.34. The zero-order chi connectivity index (χ0) is 22.7. The molecule has 2 aliphatic heterocycles. The topological polar surface area (TPSA) is 52.6 Å². The number of hydrogen-bond donors (Lipinski definition) is 0. The van der Waals surface area contributed by atoms with E-state index in [1.165, 1.54) is 25.3 Å². The number of rotatable bonds is 4. The number of halogens is 3. The van der Waals surface area contributed by atoms with Crippen molar-refractivity contribution < 1.29 is 18.0 Å². The molecule has 1 amide bonds. The largest absolute Gasteiger partial charge is 0.416 e. The van der Waals surface area contributed by atoms with E-state index < -0.39 is 11.7 Å². The Labute approximate surface area is 186 Å². The van der Waals surface area contributed by atoms with E-state index in [4.69, 9.17) is 0 Å². The summed E-state index contributed by atoms with van der Waals surface area (Å²) in [5.74, 6) is 1.52. The molecule has 2 fully saturated rings. The van der Waals surface area contributed by atoms with Crippen molar-refractivity contribution in [1.29, 1.82) is 0 Å². The predicted molar refractivity (Wildman–Crippen MR) is 117 cm³/mol. The molecule has 1 atom stereocenters. The number of anilines is 2. The van der Waals surface area contributed by atoms with E-state index >= 15 is 0 Å². The monoisotopic (exact) mass is 447 g/mol. The Hall–Kier alpha value is -2.84. The normalized spacial score (nSPS) is 19.9. The van der Waals surface area contributed by atoms with Gasteiger partial charge in [-0.15, -0.1) is 10.2 Å². The van der Waals surface area contributed by atoms with Crippen LogP contribution in [-0.4, -0.2) is 59.8 Å². The summed E-state index contributed by atoms with van der Waals surface area (Å²) in [6, 6.07) is 9.42. The van der Waals surface area contributed by atoms with Gasteiger partial charge < -0.3 is 14.7 Å². The molecule has 0 saturated carbocycles. The number of piperazine rings is 1. The first-order valence-electron chi connectivity index (χ1n) is 11.1. The lowest BCUT2D eigenvalue weighted by Crippen LogP contribution is -2.49. The van der Waals surface area contributed by atoms with Crippen molar-refractivity contribution in [1.82, 2.24) is 15.1 Å². The summed E-state index contributed by atoms with van der Waals surface area (Å²) in [5, 5.41) is 8.83. The van der Waals surface area contributed by atoms with Crippen molar-refractivity contribution in [3.8, 4) is 0 Å². The number of nitrogens with zero attached hydrogens (tertiary/aromatic N) is 5. The van der Waals surface area contributed by atoms with Crippen LogP contribution in [0.3, 0.4) is 0 Å². The highest BCUT2D eigenvalue weighted by atomic mass is 19.4. The third-order valence-corrected chi connectivity index (χ3v) is 6.30. The van der Waals surface area contributed by atoms with Gasteiger partial charge in [0, 0.05) is 38.8 Å². The number of carbonyl (C=O) groups is 1. The fourth-order valence-corrected chi connectivity index (χ4v) is 4.41. The van der Waals surface area contributed by atoms with Crippen LogP contribution in [0.25, 0.3) is 0 Å². The second-order valence-electron chi connectivity index (χ2n) is 8.53. The molecule has 172 valence electrons. The molecule has 0 spiro atoms. The summed E-state index contributed by atoms with van der Waals surface area (Å²) in [6.07, 6.45) is -0.857. The molecular formula is C23H28F3N5O. The average Bonchev–Trinajstić information content (AvgIpc) is 2.79. The second-order valence-corrected chi connectivity index (χ2v) is 8.53. The Balaban J connectivity index is 1.31. The van der Waals surface area contributed by atoms with E-state index in [2.05, 4.69) is 26.9 Å².